The monoisotopic (exact) mass is 614 g/mol. The van der Waals surface area contributed by atoms with Gasteiger partial charge < -0.3 is 9.80 Å². The molecule has 0 aromatic heterocycles. The Balaban J connectivity index is 1.27. The SMILES string of the molecule is CCCCCCCCCCCCCCCCCCN1c2ccccc2N(Cc2cc([N+](=O)[O-])cc([N+](=O)[O-])c2)c2ccccc21. The summed E-state index contributed by atoms with van der Waals surface area (Å²) in [6, 6.07) is 20.2. The van der Waals surface area contributed by atoms with E-state index in [1.807, 2.05) is 24.3 Å². The highest BCUT2D eigenvalue weighted by Crippen LogP contribution is 2.48. The van der Waals surface area contributed by atoms with E-state index in [2.05, 4.69) is 41.0 Å². The Hall–Kier alpha value is -3.94. The molecule has 0 amide bonds. The third kappa shape index (κ3) is 10.0. The van der Waals surface area contributed by atoms with Gasteiger partial charge in [-0.05, 0) is 36.2 Å². The number of fused-ring (bicyclic) bond motifs is 2. The van der Waals surface area contributed by atoms with E-state index >= 15 is 0 Å². The number of unbranched alkanes of at least 4 members (excludes halogenated alkanes) is 15. The topological polar surface area (TPSA) is 92.8 Å². The normalized spacial score (nSPS) is 12.2. The molecule has 3 aromatic carbocycles. The minimum absolute atomic E-state index is 0.275. The smallest absolute Gasteiger partial charge is 0.276 e. The van der Waals surface area contributed by atoms with E-state index < -0.39 is 9.85 Å². The number of hydrogen-bond acceptors (Lipinski definition) is 6. The van der Waals surface area contributed by atoms with Gasteiger partial charge in [0.1, 0.15) is 0 Å². The van der Waals surface area contributed by atoms with Crippen LogP contribution in [0.15, 0.2) is 66.7 Å². The van der Waals surface area contributed by atoms with Crippen LogP contribution in [0.4, 0.5) is 34.1 Å². The van der Waals surface area contributed by atoms with Crippen molar-refractivity contribution in [3.63, 3.8) is 0 Å². The Kier molecular flexibility index (Phi) is 13.7. The molecule has 1 heterocycles. The van der Waals surface area contributed by atoms with Gasteiger partial charge in [0.15, 0.2) is 0 Å². The Morgan fingerprint density at radius 1 is 0.511 bits per heavy atom. The lowest BCUT2D eigenvalue weighted by Crippen LogP contribution is -2.30. The molecule has 0 bridgehead atoms. The lowest BCUT2D eigenvalue weighted by Gasteiger charge is -2.40. The van der Waals surface area contributed by atoms with Gasteiger partial charge in [-0.3, -0.25) is 20.2 Å². The Morgan fingerprint density at radius 2 is 0.867 bits per heavy atom. The van der Waals surface area contributed by atoms with Crippen LogP contribution in [0.2, 0.25) is 0 Å². The van der Waals surface area contributed by atoms with Crippen LogP contribution >= 0.6 is 0 Å². The molecule has 0 saturated heterocycles. The number of anilines is 4. The lowest BCUT2D eigenvalue weighted by molar-refractivity contribution is -0.394. The average Bonchev–Trinajstić information content (AvgIpc) is 3.05. The van der Waals surface area contributed by atoms with E-state index in [1.165, 1.54) is 108 Å². The summed E-state index contributed by atoms with van der Waals surface area (Å²) in [7, 11) is 0. The summed E-state index contributed by atoms with van der Waals surface area (Å²) in [5, 5.41) is 23.0. The first-order chi connectivity index (χ1) is 22.0. The number of hydrogen-bond donors (Lipinski definition) is 0. The fourth-order valence-electron chi connectivity index (χ4n) is 6.47. The molecular formula is C37H50N4O4. The van der Waals surface area contributed by atoms with Crippen molar-refractivity contribution < 1.29 is 9.85 Å². The summed E-state index contributed by atoms with van der Waals surface area (Å²) in [6.45, 7) is 3.46. The molecule has 0 aliphatic carbocycles. The van der Waals surface area contributed by atoms with E-state index in [-0.39, 0.29) is 17.9 Å². The number of nitro benzene ring substituents is 2. The molecule has 0 atom stereocenters. The van der Waals surface area contributed by atoms with E-state index in [0.717, 1.165) is 41.8 Å². The van der Waals surface area contributed by atoms with Gasteiger partial charge in [-0.15, -0.1) is 0 Å². The first kappa shape index (κ1) is 33.9. The molecular weight excluding hydrogens is 564 g/mol. The summed E-state index contributed by atoms with van der Waals surface area (Å²) in [5.74, 6) is 0. The largest absolute Gasteiger partial charge is 0.338 e. The fourth-order valence-corrected chi connectivity index (χ4v) is 6.47. The molecule has 1 aliphatic heterocycles. The molecule has 8 nitrogen and oxygen atoms in total. The van der Waals surface area contributed by atoms with Crippen molar-refractivity contribution >= 4 is 34.1 Å². The van der Waals surface area contributed by atoms with Crippen molar-refractivity contribution in [1.82, 2.24) is 0 Å². The molecule has 0 fully saturated rings. The second kappa shape index (κ2) is 18.1. The Bertz CT molecular complexity index is 1300. The minimum atomic E-state index is -0.575. The van der Waals surface area contributed by atoms with Crippen molar-refractivity contribution in [1.29, 1.82) is 0 Å². The van der Waals surface area contributed by atoms with Crippen LogP contribution in [0.3, 0.4) is 0 Å². The highest BCUT2D eigenvalue weighted by Gasteiger charge is 2.28. The summed E-state index contributed by atoms with van der Waals surface area (Å²) in [5.41, 5.74) is 4.11. The van der Waals surface area contributed by atoms with E-state index in [1.54, 1.807) is 0 Å². The fraction of sp³-hybridized carbons (Fsp3) is 0.514. The maximum atomic E-state index is 11.5. The van der Waals surface area contributed by atoms with Crippen molar-refractivity contribution in [2.24, 2.45) is 0 Å². The molecule has 0 radical (unpaired) electrons. The van der Waals surface area contributed by atoms with Gasteiger partial charge in [0.25, 0.3) is 11.4 Å². The van der Waals surface area contributed by atoms with Crippen LogP contribution in [0.1, 0.15) is 115 Å². The highest BCUT2D eigenvalue weighted by molar-refractivity contribution is 5.93. The number of benzene rings is 3. The third-order valence-electron chi connectivity index (χ3n) is 8.89. The van der Waals surface area contributed by atoms with Gasteiger partial charge in [0.2, 0.25) is 0 Å². The van der Waals surface area contributed by atoms with Crippen molar-refractivity contribution in [2.45, 2.75) is 116 Å². The molecule has 1 aliphatic rings. The number of nitrogens with zero attached hydrogens (tertiary/aromatic N) is 4. The minimum Gasteiger partial charge on any atom is -0.338 e. The van der Waals surface area contributed by atoms with Gasteiger partial charge in [-0.2, -0.15) is 0 Å². The zero-order chi connectivity index (χ0) is 31.9. The second-order valence-corrected chi connectivity index (χ2v) is 12.4. The second-order valence-electron chi connectivity index (χ2n) is 12.4. The van der Waals surface area contributed by atoms with Gasteiger partial charge in [0, 0.05) is 25.2 Å². The zero-order valence-electron chi connectivity index (χ0n) is 27.0. The van der Waals surface area contributed by atoms with Crippen LogP contribution in [-0.4, -0.2) is 16.4 Å². The lowest BCUT2D eigenvalue weighted by atomic mass is 10.0. The predicted molar refractivity (Wildman–Crippen MR) is 185 cm³/mol. The van der Waals surface area contributed by atoms with Gasteiger partial charge in [0.05, 0.1) is 38.7 Å². The summed E-state index contributed by atoms with van der Waals surface area (Å²) >= 11 is 0. The maximum Gasteiger partial charge on any atom is 0.276 e. The molecule has 0 unspecified atom stereocenters. The van der Waals surface area contributed by atoms with Crippen LogP contribution < -0.4 is 9.80 Å². The quantitative estimate of drug-likeness (QED) is 0.0673. The summed E-state index contributed by atoms with van der Waals surface area (Å²) in [6.07, 6.45) is 21.5. The van der Waals surface area contributed by atoms with Crippen LogP contribution in [0.25, 0.3) is 0 Å². The molecule has 45 heavy (non-hydrogen) atoms. The number of rotatable bonds is 21. The Morgan fingerprint density at radius 3 is 1.24 bits per heavy atom. The van der Waals surface area contributed by atoms with Crippen LogP contribution in [-0.2, 0) is 6.54 Å². The van der Waals surface area contributed by atoms with E-state index in [4.69, 9.17) is 0 Å². The zero-order valence-corrected chi connectivity index (χ0v) is 27.0. The van der Waals surface area contributed by atoms with Crippen molar-refractivity contribution in [3.8, 4) is 0 Å². The molecule has 8 heteroatoms. The first-order valence-corrected chi connectivity index (χ1v) is 17.2. The van der Waals surface area contributed by atoms with E-state index in [0.29, 0.717) is 5.56 Å². The van der Waals surface area contributed by atoms with Crippen molar-refractivity contribution in [2.75, 3.05) is 16.3 Å². The highest BCUT2D eigenvalue weighted by atomic mass is 16.6. The molecule has 0 N–H and O–H groups in total. The average molecular weight is 615 g/mol. The van der Waals surface area contributed by atoms with Gasteiger partial charge in [-0.25, -0.2) is 0 Å². The maximum absolute atomic E-state index is 11.5. The van der Waals surface area contributed by atoms with Crippen molar-refractivity contribution in [3.05, 3.63) is 92.5 Å². The first-order valence-electron chi connectivity index (χ1n) is 17.2. The standard InChI is InChI=1S/C37H50N4O4/c1-2-3-4-5-6-7-8-9-10-11-12-13-14-15-16-21-26-38-34-22-17-19-24-36(34)39(37-25-20-18-23-35(37)38)30-31-27-32(40(42)43)29-33(28-31)41(44)45/h17-20,22-25,27-29H,2-16,21,26,30H2,1H3. The molecule has 4 rings (SSSR count). The number of nitro groups is 2. The van der Waals surface area contributed by atoms with Crippen LogP contribution in [0.5, 0.6) is 0 Å². The molecule has 0 spiro atoms. The van der Waals surface area contributed by atoms with Crippen LogP contribution in [0, 0.1) is 20.2 Å². The molecule has 0 saturated carbocycles. The summed E-state index contributed by atoms with van der Waals surface area (Å²) in [4.78, 5) is 26.4. The Labute approximate surface area is 268 Å². The van der Waals surface area contributed by atoms with Gasteiger partial charge in [-0.1, -0.05) is 128 Å². The third-order valence-corrected chi connectivity index (χ3v) is 8.89. The molecule has 3 aromatic rings. The predicted octanol–water partition coefficient (Wildman–Crippen LogP) is 11.6. The van der Waals surface area contributed by atoms with E-state index in [9.17, 15) is 20.2 Å². The van der Waals surface area contributed by atoms with Gasteiger partial charge >= 0.3 is 0 Å². The number of non-ortho nitro benzene ring substituents is 2. The molecule has 242 valence electrons. The summed E-state index contributed by atoms with van der Waals surface area (Å²) < 4.78 is 0. The number of para-hydroxylation sites is 4.